The van der Waals surface area contributed by atoms with Crippen molar-refractivity contribution >= 4 is 17.7 Å². The maximum absolute atomic E-state index is 13.2. The molecule has 1 aliphatic heterocycles. The van der Waals surface area contributed by atoms with Crippen molar-refractivity contribution in [1.29, 1.82) is 0 Å². The first-order chi connectivity index (χ1) is 13.4. The molecule has 8 nitrogen and oxygen atoms in total. The third kappa shape index (κ3) is 3.77. The standard InChI is InChI=1S/C20H31N5O3/c1-4-10-21-17(26)15-12-16-18(27)24(11-5-2)20(3,13-25(16)23-15)19(28)22-14-8-6-7-9-14/h12,14H,4-11,13H2,1-3H3,(H,21,26)(H,22,28)/t20-/m0/s1. The Morgan fingerprint density at radius 1 is 1.25 bits per heavy atom. The van der Waals surface area contributed by atoms with Crippen LogP contribution in [0.3, 0.4) is 0 Å². The van der Waals surface area contributed by atoms with Gasteiger partial charge in [-0.05, 0) is 32.6 Å². The van der Waals surface area contributed by atoms with Crippen molar-refractivity contribution in [1.82, 2.24) is 25.3 Å². The van der Waals surface area contributed by atoms with Gasteiger partial charge >= 0.3 is 0 Å². The van der Waals surface area contributed by atoms with Crippen LogP contribution in [0.25, 0.3) is 0 Å². The zero-order valence-electron chi connectivity index (χ0n) is 17.1. The van der Waals surface area contributed by atoms with Gasteiger partial charge in [-0.3, -0.25) is 19.1 Å². The summed E-state index contributed by atoms with van der Waals surface area (Å²) in [6, 6.07) is 1.71. The second-order valence-corrected chi connectivity index (χ2v) is 8.01. The van der Waals surface area contributed by atoms with Gasteiger partial charge in [-0.2, -0.15) is 5.10 Å². The van der Waals surface area contributed by atoms with E-state index < -0.39 is 5.54 Å². The Morgan fingerprint density at radius 2 is 1.96 bits per heavy atom. The SMILES string of the molecule is CCCNC(=O)c1cc2n(n1)C[C@@](C)(C(=O)NC1CCCC1)N(CCC)C2=O. The van der Waals surface area contributed by atoms with Gasteiger partial charge in [0.2, 0.25) is 5.91 Å². The monoisotopic (exact) mass is 389 g/mol. The fourth-order valence-corrected chi connectivity index (χ4v) is 4.07. The van der Waals surface area contributed by atoms with E-state index in [0.717, 1.165) is 38.5 Å². The molecule has 0 unspecified atom stereocenters. The van der Waals surface area contributed by atoms with Crippen LogP contribution in [0.1, 0.15) is 80.3 Å². The van der Waals surface area contributed by atoms with Gasteiger partial charge in [-0.1, -0.05) is 26.7 Å². The largest absolute Gasteiger partial charge is 0.351 e. The average Bonchev–Trinajstić information content (AvgIpc) is 3.32. The molecule has 8 heteroatoms. The lowest BCUT2D eigenvalue weighted by atomic mass is 9.94. The molecule has 0 bridgehead atoms. The third-order valence-corrected chi connectivity index (χ3v) is 5.69. The van der Waals surface area contributed by atoms with Gasteiger partial charge in [0, 0.05) is 25.2 Å². The van der Waals surface area contributed by atoms with E-state index in [0.29, 0.717) is 18.8 Å². The van der Waals surface area contributed by atoms with E-state index in [4.69, 9.17) is 0 Å². The lowest BCUT2D eigenvalue weighted by molar-refractivity contribution is -0.133. The molecule has 2 aliphatic rings. The number of carbonyl (C=O) groups is 3. The molecular weight excluding hydrogens is 358 g/mol. The van der Waals surface area contributed by atoms with Gasteiger partial charge in [0.15, 0.2) is 5.69 Å². The van der Waals surface area contributed by atoms with Gasteiger partial charge in [0.05, 0.1) is 6.54 Å². The van der Waals surface area contributed by atoms with Gasteiger partial charge in [0.1, 0.15) is 11.2 Å². The minimum absolute atomic E-state index is 0.140. The summed E-state index contributed by atoms with van der Waals surface area (Å²) in [5, 5.41) is 10.3. The normalized spacial score (nSPS) is 22.2. The molecule has 1 aliphatic carbocycles. The molecule has 0 radical (unpaired) electrons. The highest BCUT2D eigenvalue weighted by Gasteiger charge is 2.48. The molecule has 154 valence electrons. The summed E-state index contributed by atoms with van der Waals surface area (Å²) in [7, 11) is 0. The van der Waals surface area contributed by atoms with Gasteiger partial charge in [-0.15, -0.1) is 0 Å². The summed E-state index contributed by atoms with van der Waals surface area (Å²) in [6.07, 6.45) is 5.78. The van der Waals surface area contributed by atoms with E-state index >= 15 is 0 Å². The number of nitrogens with zero attached hydrogens (tertiary/aromatic N) is 3. The minimum atomic E-state index is -1.02. The van der Waals surface area contributed by atoms with Crippen LogP contribution in [0, 0.1) is 0 Å². The number of rotatable bonds is 7. The van der Waals surface area contributed by atoms with Crippen LogP contribution in [-0.4, -0.2) is 57.1 Å². The van der Waals surface area contributed by atoms with Gasteiger partial charge < -0.3 is 15.5 Å². The van der Waals surface area contributed by atoms with Crippen LogP contribution in [0.4, 0.5) is 0 Å². The highest BCUT2D eigenvalue weighted by Crippen LogP contribution is 2.29. The van der Waals surface area contributed by atoms with Gasteiger partial charge in [0.25, 0.3) is 11.8 Å². The molecule has 1 saturated carbocycles. The molecule has 3 rings (SSSR count). The lowest BCUT2D eigenvalue weighted by Crippen LogP contribution is -2.65. The molecular formula is C20H31N5O3. The average molecular weight is 390 g/mol. The van der Waals surface area contributed by atoms with E-state index in [-0.39, 0.29) is 36.0 Å². The maximum atomic E-state index is 13.2. The zero-order valence-corrected chi connectivity index (χ0v) is 17.1. The fraction of sp³-hybridized carbons (Fsp3) is 0.700. The maximum Gasteiger partial charge on any atom is 0.273 e. The van der Waals surface area contributed by atoms with E-state index in [1.807, 2.05) is 13.8 Å². The number of hydrogen-bond donors (Lipinski definition) is 2. The van der Waals surface area contributed by atoms with Crippen molar-refractivity contribution in [2.45, 2.75) is 77.4 Å². The Balaban J connectivity index is 1.88. The van der Waals surface area contributed by atoms with Crippen molar-refractivity contribution in [3.63, 3.8) is 0 Å². The third-order valence-electron chi connectivity index (χ3n) is 5.69. The van der Waals surface area contributed by atoms with Crippen LogP contribution in [-0.2, 0) is 11.3 Å². The Hall–Kier alpha value is -2.38. The zero-order chi connectivity index (χ0) is 20.3. The molecule has 2 heterocycles. The van der Waals surface area contributed by atoms with E-state index in [1.54, 1.807) is 11.8 Å². The molecule has 1 fully saturated rings. The molecule has 0 saturated heterocycles. The smallest absolute Gasteiger partial charge is 0.273 e. The molecule has 1 aromatic rings. The van der Waals surface area contributed by atoms with Crippen molar-refractivity contribution in [2.75, 3.05) is 13.1 Å². The molecule has 1 atom stereocenters. The summed E-state index contributed by atoms with van der Waals surface area (Å²) >= 11 is 0. The molecule has 0 aromatic carbocycles. The van der Waals surface area contributed by atoms with Crippen LogP contribution in [0.2, 0.25) is 0 Å². The lowest BCUT2D eigenvalue weighted by Gasteiger charge is -2.43. The quantitative estimate of drug-likeness (QED) is 0.742. The fourth-order valence-electron chi connectivity index (χ4n) is 4.07. The number of nitrogens with one attached hydrogen (secondary N) is 2. The first kappa shape index (κ1) is 20.4. The Bertz CT molecular complexity index is 753. The number of hydrogen-bond acceptors (Lipinski definition) is 4. The number of carbonyl (C=O) groups excluding carboxylic acids is 3. The predicted molar refractivity (Wildman–Crippen MR) is 105 cm³/mol. The first-order valence-electron chi connectivity index (χ1n) is 10.4. The molecule has 28 heavy (non-hydrogen) atoms. The van der Waals surface area contributed by atoms with E-state index in [9.17, 15) is 14.4 Å². The summed E-state index contributed by atoms with van der Waals surface area (Å²) in [4.78, 5) is 40.3. The summed E-state index contributed by atoms with van der Waals surface area (Å²) in [5.74, 6) is -0.686. The molecule has 0 spiro atoms. The van der Waals surface area contributed by atoms with Crippen LogP contribution >= 0.6 is 0 Å². The van der Waals surface area contributed by atoms with Crippen molar-refractivity contribution in [3.8, 4) is 0 Å². The molecule has 3 amide bonds. The second kappa shape index (κ2) is 8.32. The van der Waals surface area contributed by atoms with Gasteiger partial charge in [-0.25, -0.2) is 0 Å². The van der Waals surface area contributed by atoms with Crippen molar-refractivity contribution < 1.29 is 14.4 Å². The Kier molecular flexibility index (Phi) is 6.05. The van der Waals surface area contributed by atoms with Crippen LogP contribution < -0.4 is 10.6 Å². The summed E-state index contributed by atoms with van der Waals surface area (Å²) in [6.45, 7) is 7.03. The Labute approximate surface area is 166 Å². The van der Waals surface area contributed by atoms with Crippen molar-refractivity contribution in [3.05, 3.63) is 17.5 Å². The van der Waals surface area contributed by atoms with Crippen LogP contribution in [0.5, 0.6) is 0 Å². The summed E-state index contributed by atoms with van der Waals surface area (Å²) in [5.41, 5.74) is -0.443. The first-order valence-corrected chi connectivity index (χ1v) is 10.4. The highest BCUT2D eigenvalue weighted by atomic mass is 16.2. The number of fused-ring (bicyclic) bond motifs is 1. The second-order valence-electron chi connectivity index (χ2n) is 8.01. The highest BCUT2D eigenvalue weighted by molar-refractivity contribution is 6.01. The minimum Gasteiger partial charge on any atom is -0.351 e. The van der Waals surface area contributed by atoms with E-state index in [2.05, 4.69) is 15.7 Å². The molecule has 1 aromatic heterocycles. The van der Waals surface area contributed by atoms with Crippen LogP contribution in [0.15, 0.2) is 6.07 Å². The Morgan fingerprint density at radius 3 is 2.61 bits per heavy atom. The summed E-state index contributed by atoms with van der Waals surface area (Å²) < 4.78 is 1.52. The topological polar surface area (TPSA) is 96.3 Å². The number of amides is 3. The van der Waals surface area contributed by atoms with Crippen molar-refractivity contribution in [2.24, 2.45) is 0 Å². The van der Waals surface area contributed by atoms with E-state index in [1.165, 1.54) is 10.7 Å². The molecule has 2 N–H and O–H groups in total. The number of aromatic nitrogens is 2. The predicted octanol–water partition coefficient (Wildman–Crippen LogP) is 1.71.